The molecule has 4 nitrogen and oxygen atoms in total. The minimum absolute atomic E-state index is 0.328. The number of nitrogens with zero attached hydrogens (tertiary/aromatic N) is 1. The molecule has 0 aromatic heterocycles. The van der Waals surface area contributed by atoms with Gasteiger partial charge in [0.1, 0.15) is 18.2 Å². The molecule has 0 heterocycles. The topological polar surface area (TPSA) is 50.7 Å². The predicted molar refractivity (Wildman–Crippen MR) is 106 cm³/mol. The van der Waals surface area contributed by atoms with E-state index in [2.05, 4.69) is 26.5 Å². The van der Waals surface area contributed by atoms with Gasteiger partial charge in [-0.3, -0.25) is 4.79 Å². The molecule has 0 atom stereocenters. The molecule has 0 bridgehead atoms. The molecule has 3 rings (SSSR count). The summed E-state index contributed by atoms with van der Waals surface area (Å²) in [6.45, 7) is 0.349. The lowest BCUT2D eigenvalue weighted by Crippen LogP contribution is -2.18. The van der Waals surface area contributed by atoms with Crippen LogP contribution in [0.3, 0.4) is 0 Å². The van der Waals surface area contributed by atoms with Crippen LogP contribution in [0.4, 0.5) is 4.39 Å². The summed E-state index contributed by atoms with van der Waals surface area (Å²) in [5.74, 6) is -0.278. The fraction of sp³-hybridized carbons (Fsp3) is 0.0476. The number of hydrazone groups is 1. The zero-order chi connectivity index (χ0) is 19.1. The maximum absolute atomic E-state index is 12.9. The van der Waals surface area contributed by atoms with Gasteiger partial charge in [0.2, 0.25) is 0 Å². The van der Waals surface area contributed by atoms with Gasteiger partial charge in [-0.05, 0) is 41.5 Å². The van der Waals surface area contributed by atoms with E-state index in [1.165, 1.54) is 18.3 Å². The fourth-order valence-electron chi connectivity index (χ4n) is 2.32. The summed E-state index contributed by atoms with van der Waals surface area (Å²) >= 11 is 3.36. The Balaban J connectivity index is 1.69. The summed E-state index contributed by atoms with van der Waals surface area (Å²) < 4.78 is 19.5. The zero-order valence-corrected chi connectivity index (χ0v) is 15.8. The van der Waals surface area contributed by atoms with Gasteiger partial charge in [-0.25, -0.2) is 9.82 Å². The zero-order valence-electron chi connectivity index (χ0n) is 14.2. The van der Waals surface area contributed by atoms with Crippen LogP contribution in [0, 0.1) is 5.82 Å². The fourth-order valence-corrected chi connectivity index (χ4v) is 2.68. The van der Waals surface area contributed by atoms with Gasteiger partial charge < -0.3 is 4.74 Å². The largest absolute Gasteiger partial charge is 0.488 e. The molecule has 1 N–H and O–H groups in total. The molecule has 0 aliphatic rings. The normalized spacial score (nSPS) is 10.7. The van der Waals surface area contributed by atoms with Crippen molar-refractivity contribution in [2.75, 3.05) is 0 Å². The van der Waals surface area contributed by atoms with Gasteiger partial charge in [-0.1, -0.05) is 58.4 Å². The van der Waals surface area contributed by atoms with E-state index in [0.717, 1.165) is 10.0 Å². The molecule has 136 valence electrons. The Hall–Kier alpha value is -2.99. The molecule has 0 aliphatic heterocycles. The predicted octanol–water partition coefficient (Wildman–Crippen LogP) is 4.93. The molecule has 6 heteroatoms. The minimum atomic E-state index is -0.405. The van der Waals surface area contributed by atoms with E-state index in [1.54, 1.807) is 30.3 Å². The third-order valence-electron chi connectivity index (χ3n) is 3.67. The van der Waals surface area contributed by atoms with Crippen LogP contribution in [-0.2, 0) is 6.61 Å². The molecule has 0 unspecified atom stereocenters. The molecule has 3 aromatic rings. The highest BCUT2D eigenvalue weighted by Crippen LogP contribution is 2.24. The number of carbonyl (C=O) groups is 1. The molecular weight excluding hydrogens is 411 g/mol. The van der Waals surface area contributed by atoms with Crippen molar-refractivity contribution in [1.29, 1.82) is 0 Å². The van der Waals surface area contributed by atoms with Crippen molar-refractivity contribution in [3.8, 4) is 5.75 Å². The van der Waals surface area contributed by atoms with Crippen molar-refractivity contribution in [2.45, 2.75) is 6.61 Å². The van der Waals surface area contributed by atoms with Crippen LogP contribution in [0.15, 0.2) is 82.4 Å². The van der Waals surface area contributed by atoms with Crippen molar-refractivity contribution in [1.82, 2.24) is 5.43 Å². The molecule has 0 aliphatic carbocycles. The summed E-state index contributed by atoms with van der Waals surface area (Å²) in [5.41, 5.74) is 4.50. The first-order valence-corrected chi connectivity index (χ1v) is 8.96. The van der Waals surface area contributed by atoms with Crippen molar-refractivity contribution in [3.05, 3.63) is 99.8 Å². The number of nitrogens with one attached hydrogen (secondary N) is 1. The van der Waals surface area contributed by atoms with Gasteiger partial charge in [0.05, 0.1) is 11.8 Å². The second-order valence-electron chi connectivity index (χ2n) is 5.67. The lowest BCUT2D eigenvalue weighted by atomic mass is 10.2. The van der Waals surface area contributed by atoms with Crippen LogP contribution in [0.25, 0.3) is 0 Å². The number of hydrogen-bond donors (Lipinski definition) is 1. The van der Waals surface area contributed by atoms with E-state index in [0.29, 0.717) is 23.5 Å². The van der Waals surface area contributed by atoms with Gasteiger partial charge in [-0.15, -0.1) is 0 Å². The standard InChI is InChI=1S/C21H16BrFN2O2/c22-17-8-11-20(27-14-16-4-2-1-3-5-16)19(12-17)21(26)25-24-13-15-6-9-18(23)10-7-15/h1-13H,14H2,(H,25,26)/b24-13+. The van der Waals surface area contributed by atoms with E-state index < -0.39 is 5.91 Å². The number of benzene rings is 3. The first-order chi connectivity index (χ1) is 13.1. The van der Waals surface area contributed by atoms with Gasteiger partial charge in [0, 0.05) is 4.47 Å². The smallest absolute Gasteiger partial charge is 0.275 e. The summed E-state index contributed by atoms with van der Waals surface area (Å²) in [7, 11) is 0. The molecular formula is C21H16BrFN2O2. The van der Waals surface area contributed by atoms with Crippen LogP contribution in [-0.4, -0.2) is 12.1 Å². The number of amides is 1. The Labute approximate surface area is 164 Å². The van der Waals surface area contributed by atoms with Gasteiger partial charge in [-0.2, -0.15) is 5.10 Å². The van der Waals surface area contributed by atoms with Gasteiger partial charge >= 0.3 is 0 Å². The Morgan fingerprint density at radius 3 is 2.56 bits per heavy atom. The summed E-state index contributed by atoms with van der Waals surface area (Å²) in [6, 6.07) is 20.7. The highest BCUT2D eigenvalue weighted by atomic mass is 79.9. The number of hydrogen-bond acceptors (Lipinski definition) is 3. The average Bonchev–Trinajstić information content (AvgIpc) is 2.69. The van der Waals surface area contributed by atoms with Crippen LogP contribution in [0.5, 0.6) is 5.75 Å². The average molecular weight is 427 g/mol. The molecule has 0 saturated carbocycles. The number of ether oxygens (including phenoxy) is 1. The maximum Gasteiger partial charge on any atom is 0.275 e. The Morgan fingerprint density at radius 1 is 1.07 bits per heavy atom. The van der Waals surface area contributed by atoms with E-state index >= 15 is 0 Å². The van der Waals surface area contributed by atoms with Crippen molar-refractivity contribution >= 4 is 28.1 Å². The second-order valence-corrected chi connectivity index (χ2v) is 6.58. The van der Waals surface area contributed by atoms with E-state index in [1.807, 2.05) is 30.3 Å². The highest BCUT2D eigenvalue weighted by Gasteiger charge is 2.13. The van der Waals surface area contributed by atoms with Crippen LogP contribution < -0.4 is 10.2 Å². The van der Waals surface area contributed by atoms with E-state index in [9.17, 15) is 9.18 Å². The molecule has 3 aromatic carbocycles. The van der Waals surface area contributed by atoms with Crippen molar-refractivity contribution in [3.63, 3.8) is 0 Å². The van der Waals surface area contributed by atoms with Crippen molar-refractivity contribution < 1.29 is 13.9 Å². The maximum atomic E-state index is 12.9. The monoisotopic (exact) mass is 426 g/mol. The quantitative estimate of drug-likeness (QED) is 0.448. The van der Waals surface area contributed by atoms with Crippen LogP contribution >= 0.6 is 15.9 Å². The molecule has 27 heavy (non-hydrogen) atoms. The van der Waals surface area contributed by atoms with E-state index in [4.69, 9.17) is 4.74 Å². The van der Waals surface area contributed by atoms with Gasteiger partial charge in [0.15, 0.2) is 0 Å². The lowest BCUT2D eigenvalue weighted by Gasteiger charge is -2.11. The van der Waals surface area contributed by atoms with Crippen LogP contribution in [0.1, 0.15) is 21.5 Å². The Kier molecular flexibility index (Phi) is 6.33. The number of carbonyl (C=O) groups excluding carboxylic acids is 1. The number of halogens is 2. The highest BCUT2D eigenvalue weighted by molar-refractivity contribution is 9.10. The van der Waals surface area contributed by atoms with E-state index in [-0.39, 0.29) is 5.82 Å². The summed E-state index contributed by atoms with van der Waals surface area (Å²) in [4.78, 5) is 12.5. The SMILES string of the molecule is O=C(N/N=C/c1ccc(F)cc1)c1cc(Br)ccc1OCc1ccccc1. The second kappa shape index (κ2) is 9.09. The van der Waals surface area contributed by atoms with Crippen molar-refractivity contribution in [2.24, 2.45) is 5.10 Å². The van der Waals surface area contributed by atoms with Gasteiger partial charge in [0.25, 0.3) is 5.91 Å². The molecule has 0 fully saturated rings. The first kappa shape index (κ1) is 18.8. The third-order valence-corrected chi connectivity index (χ3v) is 4.17. The van der Waals surface area contributed by atoms with Crippen LogP contribution in [0.2, 0.25) is 0 Å². The third kappa shape index (κ3) is 5.49. The Bertz CT molecular complexity index is 944. The molecule has 0 saturated heterocycles. The molecule has 0 radical (unpaired) electrons. The lowest BCUT2D eigenvalue weighted by molar-refractivity contribution is 0.0950. The Morgan fingerprint density at radius 2 is 1.81 bits per heavy atom. The summed E-state index contributed by atoms with van der Waals surface area (Å²) in [6.07, 6.45) is 1.44. The minimum Gasteiger partial charge on any atom is -0.488 e. The molecule has 1 amide bonds. The summed E-state index contributed by atoms with van der Waals surface area (Å²) in [5, 5.41) is 3.92. The first-order valence-electron chi connectivity index (χ1n) is 8.17. The number of rotatable bonds is 6. The molecule has 0 spiro atoms.